The summed E-state index contributed by atoms with van der Waals surface area (Å²) in [5.74, 6) is 1.10. The normalized spacial score (nSPS) is 17.3. The van der Waals surface area contributed by atoms with E-state index in [1.807, 2.05) is 50.0 Å². The van der Waals surface area contributed by atoms with Gasteiger partial charge in [-0.1, -0.05) is 0 Å². The number of aryl methyl sites for hydroxylation is 2. The topological polar surface area (TPSA) is 65.1 Å². The molecule has 0 unspecified atom stereocenters. The van der Waals surface area contributed by atoms with E-state index in [0.717, 1.165) is 42.2 Å². The number of pyridine rings is 1. The minimum absolute atomic E-state index is 0.145. The van der Waals surface area contributed by atoms with Crippen LogP contribution >= 0.6 is 0 Å². The maximum absolute atomic E-state index is 12.9. The number of aromatic amines is 1. The van der Waals surface area contributed by atoms with E-state index in [4.69, 9.17) is 0 Å². The average molecular weight is 327 g/mol. The predicted molar refractivity (Wildman–Crippen MR) is 94.0 cm³/mol. The minimum atomic E-state index is 0.145. The van der Waals surface area contributed by atoms with Crippen LogP contribution in [0.3, 0.4) is 0 Å². The lowest BCUT2D eigenvalue weighted by molar-refractivity contribution is -0.131. The highest BCUT2D eigenvalue weighted by atomic mass is 16.2. The molecular weight excluding hydrogens is 302 g/mol. The van der Waals surface area contributed by atoms with Crippen LogP contribution in [0.1, 0.15) is 41.4 Å². The van der Waals surface area contributed by atoms with Gasteiger partial charge < -0.3 is 9.80 Å². The Balaban J connectivity index is 1.80. The van der Waals surface area contributed by atoms with Gasteiger partial charge in [-0.2, -0.15) is 5.10 Å². The second-order valence-electron chi connectivity index (χ2n) is 6.68. The fourth-order valence-electron chi connectivity index (χ4n) is 3.39. The molecule has 1 fully saturated rings. The lowest BCUT2D eigenvalue weighted by Crippen LogP contribution is -2.32. The number of H-pyrrole nitrogens is 1. The van der Waals surface area contributed by atoms with Crippen LogP contribution in [0.2, 0.25) is 0 Å². The first-order valence-electron chi connectivity index (χ1n) is 8.40. The molecule has 0 bridgehead atoms. The summed E-state index contributed by atoms with van der Waals surface area (Å²) in [6.45, 7) is 4.73. The Hall–Kier alpha value is -2.37. The molecule has 3 rings (SSSR count). The summed E-state index contributed by atoms with van der Waals surface area (Å²) in [6, 6.07) is 4.26. The Labute approximate surface area is 142 Å². The number of rotatable bonds is 4. The van der Waals surface area contributed by atoms with Crippen LogP contribution in [0.4, 0.5) is 5.82 Å². The molecule has 6 nitrogen and oxygen atoms in total. The van der Waals surface area contributed by atoms with E-state index in [1.54, 1.807) is 0 Å². The SMILES string of the molecule is Cc1n[nH]c(C)c1CC(=O)N1CCC[C@H]1c1ccnc(N(C)C)c1. The molecule has 1 aliphatic heterocycles. The molecule has 1 aliphatic rings. The van der Waals surface area contributed by atoms with Crippen LogP contribution in [0, 0.1) is 13.8 Å². The van der Waals surface area contributed by atoms with E-state index in [2.05, 4.69) is 21.2 Å². The molecule has 2 aromatic rings. The maximum Gasteiger partial charge on any atom is 0.227 e. The zero-order valence-electron chi connectivity index (χ0n) is 14.8. The van der Waals surface area contributed by atoms with E-state index in [9.17, 15) is 4.79 Å². The minimum Gasteiger partial charge on any atom is -0.363 e. The highest BCUT2D eigenvalue weighted by Crippen LogP contribution is 2.33. The van der Waals surface area contributed by atoms with Crippen LogP contribution in [0.5, 0.6) is 0 Å². The van der Waals surface area contributed by atoms with Gasteiger partial charge in [-0.15, -0.1) is 0 Å². The van der Waals surface area contributed by atoms with E-state index in [1.165, 1.54) is 5.56 Å². The molecule has 0 radical (unpaired) electrons. The van der Waals surface area contributed by atoms with Crippen LogP contribution in [-0.2, 0) is 11.2 Å². The Kier molecular flexibility index (Phi) is 4.55. The summed E-state index contributed by atoms with van der Waals surface area (Å²) in [6.07, 6.45) is 4.29. The molecule has 24 heavy (non-hydrogen) atoms. The Morgan fingerprint density at radius 3 is 2.88 bits per heavy atom. The third-order valence-electron chi connectivity index (χ3n) is 4.79. The standard InChI is InChI=1S/C18H25N5O/c1-12-15(13(2)21-20-12)11-18(24)23-9-5-6-16(23)14-7-8-19-17(10-14)22(3)4/h7-8,10,16H,5-6,9,11H2,1-4H3,(H,20,21)/t16-/m0/s1. The third-order valence-corrected chi connectivity index (χ3v) is 4.79. The van der Waals surface area contributed by atoms with Gasteiger partial charge in [-0.05, 0) is 44.4 Å². The van der Waals surface area contributed by atoms with Gasteiger partial charge in [-0.3, -0.25) is 9.89 Å². The first-order valence-corrected chi connectivity index (χ1v) is 8.40. The van der Waals surface area contributed by atoms with E-state index < -0.39 is 0 Å². The summed E-state index contributed by atoms with van der Waals surface area (Å²) in [5, 5.41) is 7.16. The number of amides is 1. The van der Waals surface area contributed by atoms with Gasteiger partial charge in [0.2, 0.25) is 5.91 Å². The first kappa shape index (κ1) is 16.5. The fraction of sp³-hybridized carbons (Fsp3) is 0.500. The van der Waals surface area contributed by atoms with Gasteiger partial charge in [-0.25, -0.2) is 4.98 Å². The number of nitrogens with one attached hydrogen (secondary N) is 1. The number of aromatic nitrogens is 3. The largest absolute Gasteiger partial charge is 0.363 e. The summed E-state index contributed by atoms with van der Waals surface area (Å²) in [5.41, 5.74) is 4.08. The number of carbonyl (C=O) groups is 1. The van der Waals surface area contributed by atoms with Crippen molar-refractivity contribution in [2.45, 2.75) is 39.2 Å². The molecule has 6 heteroatoms. The molecular formula is C18H25N5O. The molecule has 1 amide bonds. The lowest BCUT2D eigenvalue weighted by Gasteiger charge is -2.26. The number of likely N-dealkylation sites (tertiary alicyclic amines) is 1. The van der Waals surface area contributed by atoms with Gasteiger partial charge in [0, 0.05) is 38.1 Å². The smallest absolute Gasteiger partial charge is 0.227 e. The van der Waals surface area contributed by atoms with Crippen molar-refractivity contribution in [3.8, 4) is 0 Å². The molecule has 1 N–H and O–H groups in total. The molecule has 0 saturated carbocycles. The molecule has 2 aromatic heterocycles. The summed E-state index contributed by atoms with van der Waals surface area (Å²) < 4.78 is 0. The Bertz CT molecular complexity index is 717. The maximum atomic E-state index is 12.9. The summed E-state index contributed by atoms with van der Waals surface area (Å²) in [4.78, 5) is 21.3. The van der Waals surface area contributed by atoms with Gasteiger partial charge >= 0.3 is 0 Å². The molecule has 0 aromatic carbocycles. The summed E-state index contributed by atoms with van der Waals surface area (Å²) in [7, 11) is 3.96. The highest BCUT2D eigenvalue weighted by molar-refractivity contribution is 5.80. The van der Waals surface area contributed by atoms with Crippen LogP contribution < -0.4 is 4.90 Å². The van der Waals surface area contributed by atoms with E-state index in [0.29, 0.717) is 6.42 Å². The Morgan fingerprint density at radius 1 is 1.42 bits per heavy atom. The van der Waals surface area contributed by atoms with Crippen molar-refractivity contribution in [1.82, 2.24) is 20.1 Å². The van der Waals surface area contributed by atoms with Gasteiger partial charge in [0.15, 0.2) is 0 Å². The molecule has 0 aliphatic carbocycles. The Morgan fingerprint density at radius 2 is 2.21 bits per heavy atom. The molecule has 128 valence electrons. The molecule has 1 saturated heterocycles. The zero-order valence-corrected chi connectivity index (χ0v) is 14.8. The van der Waals surface area contributed by atoms with Crippen molar-refractivity contribution in [1.29, 1.82) is 0 Å². The molecule has 3 heterocycles. The van der Waals surface area contributed by atoms with Crippen LogP contribution in [0.15, 0.2) is 18.3 Å². The van der Waals surface area contributed by atoms with Gasteiger partial charge in [0.1, 0.15) is 5.82 Å². The lowest BCUT2D eigenvalue weighted by atomic mass is 10.0. The molecule has 0 spiro atoms. The number of hydrogen-bond acceptors (Lipinski definition) is 4. The van der Waals surface area contributed by atoms with Crippen molar-refractivity contribution < 1.29 is 4.79 Å². The number of anilines is 1. The van der Waals surface area contributed by atoms with Crippen LogP contribution in [-0.4, -0.2) is 46.6 Å². The average Bonchev–Trinajstić information content (AvgIpc) is 3.17. The van der Waals surface area contributed by atoms with Crippen molar-refractivity contribution in [3.05, 3.63) is 40.8 Å². The third kappa shape index (κ3) is 3.13. The van der Waals surface area contributed by atoms with Crippen molar-refractivity contribution >= 4 is 11.7 Å². The van der Waals surface area contributed by atoms with Crippen LogP contribution in [0.25, 0.3) is 0 Å². The summed E-state index contributed by atoms with van der Waals surface area (Å²) >= 11 is 0. The van der Waals surface area contributed by atoms with Crippen molar-refractivity contribution in [3.63, 3.8) is 0 Å². The second-order valence-corrected chi connectivity index (χ2v) is 6.68. The zero-order chi connectivity index (χ0) is 17.3. The monoisotopic (exact) mass is 327 g/mol. The van der Waals surface area contributed by atoms with Gasteiger partial charge in [0.25, 0.3) is 0 Å². The molecule has 1 atom stereocenters. The van der Waals surface area contributed by atoms with E-state index >= 15 is 0 Å². The fourth-order valence-corrected chi connectivity index (χ4v) is 3.39. The number of nitrogens with zero attached hydrogens (tertiary/aromatic N) is 4. The highest BCUT2D eigenvalue weighted by Gasteiger charge is 2.30. The number of hydrogen-bond donors (Lipinski definition) is 1. The van der Waals surface area contributed by atoms with E-state index in [-0.39, 0.29) is 11.9 Å². The first-order chi connectivity index (χ1) is 11.5. The quantitative estimate of drug-likeness (QED) is 0.936. The van der Waals surface area contributed by atoms with Crippen molar-refractivity contribution in [2.24, 2.45) is 0 Å². The number of carbonyl (C=O) groups excluding carboxylic acids is 1. The van der Waals surface area contributed by atoms with Gasteiger partial charge in [0.05, 0.1) is 18.2 Å². The van der Waals surface area contributed by atoms with Crippen molar-refractivity contribution in [2.75, 3.05) is 25.5 Å². The second kappa shape index (κ2) is 6.63. The predicted octanol–water partition coefficient (Wildman–Crippen LogP) is 2.39.